The zero-order valence-corrected chi connectivity index (χ0v) is 18.8. The molecule has 1 heterocycles. The van der Waals surface area contributed by atoms with Crippen LogP contribution in [0.3, 0.4) is 0 Å². The molecule has 0 spiro atoms. The van der Waals surface area contributed by atoms with Gasteiger partial charge in [-0.1, -0.05) is 73.9 Å². The van der Waals surface area contributed by atoms with Gasteiger partial charge in [-0.3, -0.25) is 4.90 Å². The standard InChI is InChI=1S/C28H36N2O/c1-23-11-8-9-14-25(23)20-29-18-10-17-27(29)21-30(26-15-6-3-7-16-26)22-28(31)19-24-12-4-2-5-13-24/h2,4-5,8-14,17-18,26,28,31H,3,6-7,15-16,19-22H2,1H3. The molecule has 1 fully saturated rings. The number of hydrogen-bond acceptors (Lipinski definition) is 2. The van der Waals surface area contributed by atoms with Crippen molar-refractivity contribution in [2.75, 3.05) is 6.54 Å². The van der Waals surface area contributed by atoms with Crippen LogP contribution in [-0.4, -0.2) is 33.3 Å². The van der Waals surface area contributed by atoms with Crippen molar-refractivity contribution in [1.29, 1.82) is 0 Å². The highest BCUT2D eigenvalue weighted by Gasteiger charge is 2.24. The van der Waals surface area contributed by atoms with Crippen LogP contribution in [0.4, 0.5) is 0 Å². The Hall–Kier alpha value is -2.36. The van der Waals surface area contributed by atoms with E-state index in [9.17, 15) is 5.11 Å². The lowest BCUT2D eigenvalue weighted by Gasteiger charge is -2.36. The van der Waals surface area contributed by atoms with Crippen LogP contribution in [0, 0.1) is 6.92 Å². The molecule has 0 radical (unpaired) electrons. The normalized spacial score (nSPS) is 16.0. The largest absolute Gasteiger partial charge is 0.391 e. The lowest BCUT2D eigenvalue weighted by molar-refractivity contribution is 0.0664. The van der Waals surface area contributed by atoms with Crippen molar-refractivity contribution in [2.45, 2.75) is 70.7 Å². The predicted molar refractivity (Wildman–Crippen MR) is 128 cm³/mol. The van der Waals surface area contributed by atoms with Crippen LogP contribution < -0.4 is 0 Å². The van der Waals surface area contributed by atoms with E-state index in [1.165, 1.54) is 54.5 Å². The molecule has 0 saturated heterocycles. The Labute approximate surface area is 187 Å². The van der Waals surface area contributed by atoms with Crippen LogP contribution in [0.25, 0.3) is 0 Å². The summed E-state index contributed by atoms with van der Waals surface area (Å²) in [5.41, 5.74) is 5.25. The maximum Gasteiger partial charge on any atom is 0.0707 e. The third-order valence-corrected chi connectivity index (χ3v) is 6.74. The quantitative estimate of drug-likeness (QED) is 0.493. The van der Waals surface area contributed by atoms with Crippen LogP contribution in [0.5, 0.6) is 0 Å². The number of aliphatic hydroxyl groups excluding tert-OH is 1. The second-order valence-electron chi connectivity index (χ2n) is 9.12. The van der Waals surface area contributed by atoms with Gasteiger partial charge in [0, 0.05) is 37.6 Å². The number of aliphatic hydroxyl groups is 1. The van der Waals surface area contributed by atoms with Gasteiger partial charge in [0.05, 0.1) is 6.10 Å². The van der Waals surface area contributed by atoms with Crippen LogP contribution in [0.1, 0.15) is 54.5 Å². The second kappa shape index (κ2) is 10.8. The van der Waals surface area contributed by atoms with E-state index in [0.29, 0.717) is 12.5 Å². The summed E-state index contributed by atoms with van der Waals surface area (Å²) in [4.78, 5) is 2.55. The summed E-state index contributed by atoms with van der Waals surface area (Å²) in [6, 6.07) is 24.0. The van der Waals surface area contributed by atoms with Crippen molar-refractivity contribution in [3.05, 3.63) is 95.3 Å². The Morgan fingerprint density at radius 1 is 0.935 bits per heavy atom. The summed E-state index contributed by atoms with van der Waals surface area (Å²) in [5, 5.41) is 10.9. The molecule has 3 heteroatoms. The zero-order chi connectivity index (χ0) is 21.5. The van der Waals surface area contributed by atoms with Gasteiger partial charge in [0.2, 0.25) is 0 Å². The molecule has 4 rings (SSSR count). The molecule has 1 aromatic heterocycles. The van der Waals surface area contributed by atoms with Crippen LogP contribution in [0.2, 0.25) is 0 Å². The van der Waals surface area contributed by atoms with E-state index < -0.39 is 0 Å². The van der Waals surface area contributed by atoms with Gasteiger partial charge in [0.25, 0.3) is 0 Å². The molecule has 1 atom stereocenters. The lowest BCUT2D eigenvalue weighted by atomic mass is 9.93. The smallest absolute Gasteiger partial charge is 0.0707 e. The van der Waals surface area contributed by atoms with E-state index in [1.54, 1.807) is 0 Å². The molecule has 3 aromatic rings. The van der Waals surface area contributed by atoms with E-state index >= 15 is 0 Å². The van der Waals surface area contributed by atoms with Gasteiger partial charge in [-0.25, -0.2) is 0 Å². The van der Waals surface area contributed by atoms with Gasteiger partial charge in [-0.05, 0) is 55.0 Å². The number of hydrogen-bond donors (Lipinski definition) is 1. The number of aromatic nitrogens is 1. The average Bonchev–Trinajstić information content (AvgIpc) is 3.23. The molecule has 1 N–H and O–H groups in total. The maximum atomic E-state index is 10.9. The highest BCUT2D eigenvalue weighted by Crippen LogP contribution is 2.25. The van der Waals surface area contributed by atoms with Crippen LogP contribution in [-0.2, 0) is 19.5 Å². The minimum atomic E-state index is -0.343. The highest BCUT2D eigenvalue weighted by atomic mass is 16.3. The molecule has 2 aromatic carbocycles. The minimum Gasteiger partial charge on any atom is -0.391 e. The molecule has 164 valence electrons. The molecule has 0 amide bonds. The van der Waals surface area contributed by atoms with Gasteiger partial charge in [0.1, 0.15) is 0 Å². The Kier molecular flexibility index (Phi) is 7.61. The van der Waals surface area contributed by atoms with Gasteiger partial charge in [-0.15, -0.1) is 0 Å². The molecule has 3 nitrogen and oxygen atoms in total. The Morgan fingerprint density at radius 3 is 2.45 bits per heavy atom. The summed E-state index contributed by atoms with van der Waals surface area (Å²) < 4.78 is 2.38. The fraction of sp³-hybridized carbons (Fsp3) is 0.429. The first-order chi connectivity index (χ1) is 15.2. The monoisotopic (exact) mass is 416 g/mol. The summed E-state index contributed by atoms with van der Waals surface area (Å²) in [7, 11) is 0. The van der Waals surface area contributed by atoms with Crippen molar-refractivity contribution < 1.29 is 5.11 Å². The van der Waals surface area contributed by atoms with Gasteiger partial charge in [0.15, 0.2) is 0 Å². The number of benzene rings is 2. The third kappa shape index (κ3) is 6.09. The second-order valence-corrected chi connectivity index (χ2v) is 9.12. The minimum absolute atomic E-state index is 0.343. The Bertz CT molecular complexity index is 927. The summed E-state index contributed by atoms with van der Waals surface area (Å²) in [6.45, 7) is 4.72. The summed E-state index contributed by atoms with van der Waals surface area (Å²) >= 11 is 0. The Balaban J connectivity index is 1.47. The SMILES string of the molecule is Cc1ccccc1Cn1cccc1CN(CC(O)Cc1ccccc1)C1CCCCC1. The molecule has 31 heavy (non-hydrogen) atoms. The van der Waals surface area contributed by atoms with Crippen LogP contribution in [0.15, 0.2) is 72.9 Å². The maximum absolute atomic E-state index is 10.9. The van der Waals surface area contributed by atoms with Gasteiger partial charge in [-0.2, -0.15) is 0 Å². The first-order valence-electron chi connectivity index (χ1n) is 11.8. The van der Waals surface area contributed by atoms with Crippen LogP contribution >= 0.6 is 0 Å². The van der Waals surface area contributed by atoms with Crippen molar-refractivity contribution in [3.8, 4) is 0 Å². The highest BCUT2D eigenvalue weighted by molar-refractivity contribution is 5.26. The first-order valence-corrected chi connectivity index (χ1v) is 11.8. The van der Waals surface area contributed by atoms with Crippen molar-refractivity contribution in [2.24, 2.45) is 0 Å². The lowest BCUT2D eigenvalue weighted by Crippen LogP contribution is -2.42. The van der Waals surface area contributed by atoms with E-state index in [-0.39, 0.29) is 6.10 Å². The number of rotatable bonds is 9. The average molecular weight is 417 g/mol. The molecule has 1 saturated carbocycles. The van der Waals surface area contributed by atoms with E-state index in [0.717, 1.165) is 19.6 Å². The topological polar surface area (TPSA) is 28.4 Å². The fourth-order valence-corrected chi connectivity index (χ4v) is 4.94. The van der Waals surface area contributed by atoms with Crippen molar-refractivity contribution >= 4 is 0 Å². The van der Waals surface area contributed by atoms with E-state index in [2.05, 4.69) is 83.3 Å². The fourth-order valence-electron chi connectivity index (χ4n) is 4.94. The van der Waals surface area contributed by atoms with Crippen molar-refractivity contribution in [1.82, 2.24) is 9.47 Å². The van der Waals surface area contributed by atoms with Gasteiger partial charge < -0.3 is 9.67 Å². The van der Waals surface area contributed by atoms with Gasteiger partial charge >= 0.3 is 0 Å². The molecule has 0 bridgehead atoms. The number of aryl methyl sites for hydroxylation is 1. The van der Waals surface area contributed by atoms with E-state index in [1.807, 2.05) is 6.07 Å². The Morgan fingerprint density at radius 2 is 1.68 bits per heavy atom. The molecule has 0 aliphatic heterocycles. The molecular formula is C28H36N2O. The predicted octanol–water partition coefficient (Wildman–Crippen LogP) is 5.58. The first kappa shape index (κ1) is 21.9. The molecule has 1 unspecified atom stereocenters. The number of nitrogens with zero attached hydrogens (tertiary/aromatic N) is 2. The summed E-state index contributed by atoms with van der Waals surface area (Å²) in [5.74, 6) is 0. The third-order valence-electron chi connectivity index (χ3n) is 6.74. The molecule has 1 aliphatic carbocycles. The molecule has 1 aliphatic rings. The molecular weight excluding hydrogens is 380 g/mol. The van der Waals surface area contributed by atoms with Crippen molar-refractivity contribution in [3.63, 3.8) is 0 Å². The van der Waals surface area contributed by atoms with E-state index in [4.69, 9.17) is 0 Å². The zero-order valence-electron chi connectivity index (χ0n) is 18.8. The summed E-state index contributed by atoms with van der Waals surface area (Å²) in [6.07, 6.45) is 9.02.